The fraction of sp³-hybridized carbons (Fsp3) is 0.526. The summed E-state index contributed by atoms with van der Waals surface area (Å²) < 4.78 is 5.28. The van der Waals surface area contributed by atoms with Crippen molar-refractivity contribution in [1.29, 1.82) is 0 Å². The summed E-state index contributed by atoms with van der Waals surface area (Å²) in [4.78, 5) is 48.7. The standard InChI is InChI=1S/C15H20ClN5O4.C4HCl2N3O2/c16-15-17-9-12(21(23)24)13(19-15)18-11-3-1-10(2-4-11)14(22)20-5-7-25-8-6-20;5-3-2(9(10)11)1-7-4(6)8-3/h9-11H,1-8H2,(H,17,18,19);1H. The lowest BCUT2D eigenvalue weighted by Gasteiger charge is -2.34. The Hall–Kier alpha value is -2.94. The van der Waals surface area contributed by atoms with Gasteiger partial charge in [-0.25, -0.2) is 9.97 Å². The van der Waals surface area contributed by atoms with Crippen molar-refractivity contribution in [2.75, 3.05) is 31.6 Å². The lowest BCUT2D eigenvalue weighted by atomic mass is 9.85. The van der Waals surface area contributed by atoms with Gasteiger partial charge in [0.2, 0.25) is 27.4 Å². The number of hydrogen-bond acceptors (Lipinski definition) is 11. The Morgan fingerprint density at radius 3 is 2.06 bits per heavy atom. The monoisotopic (exact) mass is 562 g/mol. The average molecular weight is 564 g/mol. The van der Waals surface area contributed by atoms with E-state index < -0.39 is 9.85 Å². The molecule has 1 saturated carbocycles. The van der Waals surface area contributed by atoms with Gasteiger partial charge in [0.05, 0.1) is 23.1 Å². The third-order valence-corrected chi connectivity index (χ3v) is 6.21. The number of rotatable bonds is 5. The molecule has 36 heavy (non-hydrogen) atoms. The van der Waals surface area contributed by atoms with E-state index in [0.717, 1.165) is 38.1 Å². The van der Waals surface area contributed by atoms with Gasteiger partial charge in [0.15, 0.2) is 0 Å². The number of nitrogens with zero attached hydrogens (tertiary/aromatic N) is 7. The van der Waals surface area contributed by atoms with Gasteiger partial charge in [0, 0.05) is 25.0 Å². The van der Waals surface area contributed by atoms with Crippen LogP contribution in [0.2, 0.25) is 15.7 Å². The van der Waals surface area contributed by atoms with Crippen molar-refractivity contribution in [3.05, 3.63) is 48.3 Å². The lowest BCUT2D eigenvalue weighted by Crippen LogP contribution is -2.45. The van der Waals surface area contributed by atoms with E-state index >= 15 is 0 Å². The van der Waals surface area contributed by atoms with E-state index in [-0.39, 0.29) is 50.8 Å². The van der Waals surface area contributed by atoms with Crippen LogP contribution in [0, 0.1) is 26.1 Å². The molecule has 17 heteroatoms. The van der Waals surface area contributed by atoms with Crippen LogP contribution in [0.15, 0.2) is 12.4 Å². The summed E-state index contributed by atoms with van der Waals surface area (Å²) >= 11 is 16.4. The number of hydrogen-bond donors (Lipinski definition) is 1. The third-order valence-electron chi connectivity index (χ3n) is 5.57. The zero-order chi connectivity index (χ0) is 26.2. The topological polar surface area (TPSA) is 179 Å². The first-order valence-corrected chi connectivity index (χ1v) is 11.9. The number of morpholine rings is 1. The minimum absolute atomic E-state index is 0.0140. The van der Waals surface area contributed by atoms with Gasteiger partial charge in [-0.2, -0.15) is 9.97 Å². The Labute approximate surface area is 219 Å². The molecule has 0 bridgehead atoms. The molecule has 1 aliphatic carbocycles. The smallest absolute Gasteiger partial charge is 0.329 e. The molecule has 2 aromatic heterocycles. The van der Waals surface area contributed by atoms with Crippen LogP contribution in [-0.2, 0) is 9.53 Å². The first kappa shape index (κ1) is 27.6. The SMILES string of the molecule is O=C(C1CCC(Nc2nc(Cl)ncc2[N+](=O)[O-])CC1)N1CCOCC1.O=[N+]([O-])c1cnc(Cl)nc1Cl. The number of aromatic nitrogens is 4. The van der Waals surface area contributed by atoms with E-state index in [9.17, 15) is 25.0 Å². The summed E-state index contributed by atoms with van der Waals surface area (Å²) in [6.07, 6.45) is 5.06. The van der Waals surface area contributed by atoms with Crippen LogP contribution in [0.5, 0.6) is 0 Å². The maximum absolute atomic E-state index is 12.5. The molecule has 3 heterocycles. The van der Waals surface area contributed by atoms with Gasteiger partial charge < -0.3 is 15.0 Å². The van der Waals surface area contributed by atoms with Crippen LogP contribution in [0.4, 0.5) is 17.2 Å². The van der Waals surface area contributed by atoms with Crippen LogP contribution in [0.3, 0.4) is 0 Å². The van der Waals surface area contributed by atoms with Crippen molar-refractivity contribution >= 4 is 57.9 Å². The second kappa shape index (κ2) is 12.9. The number of ether oxygens (including phenoxy) is 1. The molecule has 194 valence electrons. The average Bonchev–Trinajstić information content (AvgIpc) is 2.84. The number of amides is 1. The summed E-state index contributed by atoms with van der Waals surface area (Å²) in [6.45, 7) is 2.51. The van der Waals surface area contributed by atoms with Crippen molar-refractivity contribution < 1.29 is 19.4 Å². The van der Waals surface area contributed by atoms with Gasteiger partial charge in [-0.3, -0.25) is 25.0 Å². The molecule has 0 aromatic carbocycles. The Kier molecular flexibility index (Phi) is 9.87. The molecule has 0 unspecified atom stereocenters. The van der Waals surface area contributed by atoms with Gasteiger partial charge in [-0.1, -0.05) is 11.6 Å². The molecular formula is C19H21Cl3N8O6. The molecular weight excluding hydrogens is 543 g/mol. The summed E-state index contributed by atoms with van der Waals surface area (Å²) in [5.41, 5.74) is -0.549. The number of carbonyl (C=O) groups excluding carboxylic acids is 1. The van der Waals surface area contributed by atoms with Crippen LogP contribution in [-0.4, -0.2) is 72.9 Å². The highest BCUT2D eigenvalue weighted by atomic mass is 35.5. The molecule has 1 amide bonds. The number of carbonyl (C=O) groups is 1. The molecule has 2 aromatic rings. The Bertz CT molecular complexity index is 1110. The third kappa shape index (κ3) is 7.53. The highest BCUT2D eigenvalue weighted by Gasteiger charge is 2.31. The maximum atomic E-state index is 12.5. The molecule has 14 nitrogen and oxygen atoms in total. The maximum Gasteiger partial charge on any atom is 0.329 e. The quantitative estimate of drug-likeness (QED) is 0.243. The highest BCUT2D eigenvalue weighted by molar-refractivity contribution is 6.33. The van der Waals surface area contributed by atoms with E-state index in [0.29, 0.717) is 26.3 Å². The first-order chi connectivity index (χ1) is 17.2. The highest BCUT2D eigenvalue weighted by Crippen LogP contribution is 2.30. The van der Waals surface area contributed by atoms with Gasteiger partial charge in [-0.05, 0) is 48.9 Å². The van der Waals surface area contributed by atoms with Gasteiger partial charge >= 0.3 is 11.4 Å². The van der Waals surface area contributed by atoms with Crippen molar-refractivity contribution in [3.8, 4) is 0 Å². The molecule has 1 N–H and O–H groups in total. The minimum atomic E-state index is -0.682. The number of halogens is 3. The second-order valence-electron chi connectivity index (χ2n) is 7.83. The van der Waals surface area contributed by atoms with E-state index in [4.69, 9.17) is 39.5 Å². The molecule has 1 saturated heterocycles. The van der Waals surface area contributed by atoms with Crippen LogP contribution in [0.1, 0.15) is 25.7 Å². The van der Waals surface area contributed by atoms with Crippen molar-refractivity contribution in [2.45, 2.75) is 31.7 Å². The normalized spacial score (nSPS) is 19.6. The van der Waals surface area contributed by atoms with Crippen LogP contribution in [0.25, 0.3) is 0 Å². The zero-order valence-electron chi connectivity index (χ0n) is 18.7. The Morgan fingerprint density at radius 1 is 0.944 bits per heavy atom. The predicted molar refractivity (Wildman–Crippen MR) is 129 cm³/mol. The van der Waals surface area contributed by atoms with Gasteiger partial charge in [-0.15, -0.1) is 0 Å². The van der Waals surface area contributed by atoms with E-state index in [2.05, 4.69) is 25.3 Å². The summed E-state index contributed by atoms with van der Waals surface area (Å²) in [7, 11) is 0. The number of nitrogens with one attached hydrogen (secondary N) is 1. The largest absolute Gasteiger partial charge is 0.378 e. The Balaban J connectivity index is 0.000000275. The van der Waals surface area contributed by atoms with Crippen LogP contribution >= 0.6 is 34.8 Å². The van der Waals surface area contributed by atoms with Crippen LogP contribution < -0.4 is 5.32 Å². The van der Waals surface area contributed by atoms with E-state index in [1.54, 1.807) is 0 Å². The summed E-state index contributed by atoms with van der Waals surface area (Å²) in [5, 5.41) is 23.9. The Morgan fingerprint density at radius 2 is 1.50 bits per heavy atom. The molecule has 2 aliphatic rings. The fourth-order valence-electron chi connectivity index (χ4n) is 3.77. The van der Waals surface area contributed by atoms with E-state index in [1.807, 2.05) is 4.90 Å². The first-order valence-electron chi connectivity index (χ1n) is 10.8. The lowest BCUT2D eigenvalue weighted by molar-refractivity contribution is -0.385. The molecule has 2 fully saturated rings. The molecule has 0 spiro atoms. The van der Waals surface area contributed by atoms with Gasteiger partial charge in [0.25, 0.3) is 0 Å². The zero-order valence-corrected chi connectivity index (χ0v) is 20.9. The van der Waals surface area contributed by atoms with E-state index in [1.165, 1.54) is 0 Å². The van der Waals surface area contributed by atoms with Gasteiger partial charge in [0.1, 0.15) is 12.4 Å². The molecule has 1 aliphatic heterocycles. The van der Waals surface area contributed by atoms with Crippen molar-refractivity contribution in [2.24, 2.45) is 5.92 Å². The molecule has 0 atom stereocenters. The molecule has 0 radical (unpaired) electrons. The number of anilines is 1. The fourth-order valence-corrected chi connectivity index (χ4v) is 4.28. The van der Waals surface area contributed by atoms with Crippen molar-refractivity contribution in [1.82, 2.24) is 24.8 Å². The summed E-state index contributed by atoms with van der Waals surface area (Å²) in [6, 6.07) is 0.0263. The number of nitro groups is 2. The predicted octanol–water partition coefficient (Wildman–Crippen LogP) is 3.56. The second-order valence-corrected chi connectivity index (χ2v) is 8.87. The van der Waals surface area contributed by atoms with Crippen molar-refractivity contribution in [3.63, 3.8) is 0 Å². The summed E-state index contributed by atoms with van der Waals surface area (Å²) in [5.74, 6) is 0.339. The molecule has 4 rings (SSSR count). The minimum Gasteiger partial charge on any atom is -0.378 e.